The molecule has 4 rings (SSSR count). The Kier molecular flexibility index (Phi) is 5.85. The molecule has 0 spiro atoms. The lowest BCUT2D eigenvalue weighted by atomic mass is 10.1. The van der Waals surface area contributed by atoms with Gasteiger partial charge in [-0.25, -0.2) is 4.68 Å². The van der Waals surface area contributed by atoms with Crippen LogP contribution in [0.15, 0.2) is 76.1 Å². The average molecular weight is 430 g/mol. The van der Waals surface area contributed by atoms with Gasteiger partial charge in [0.15, 0.2) is 5.69 Å². The minimum atomic E-state index is -0.512. The lowest BCUT2D eigenvalue weighted by molar-refractivity contribution is 0.0949. The van der Waals surface area contributed by atoms with Crippen molar-refractivity contribution in [2.24, 2.45) is 0 Å². The number of furan rings is 1. The lowest BCUT2D eigenvalue weighted by Crippen LogP contribution is -2.29. The summed E-state index contributed by atoms with van der Waals surface area (Å²) >= 11 is 0. The largest absolute Gasteiger partial charge is 0.467 e. The van der Waals surface area contributed by atoms with Gasteiger partial charge in [-0.15, -0.1) is 0 Å². The molecule has 4 aromatic rings. The molecule has 2 N–H and O–H groups in total. The van der Waals surface area contributed by atoms with Crippen molar-refractivity contribution in [3.05, 3.63) is 94.3 Å². The smallest absolute Gasteiger partial charge is 0.276 e. The molecule has 0 atom stereocenters. The Morgan fingerprint density at radius 2 is 1.69 bits per heavy atom. The van der Waals surface area contributed by atoms with Gasteiger partial charge in [-0.3, -0.25) is 14.4 Å². The number of fused-ring (bicyclic) bond motifs is 1. The fourth-order valence-corrected chi connectivity index (χ4v) is 3.37. The number of carbonyl (C=O) groups excluding carboxylic acids is 2. The summed E-state index contributed by atoms with van der Waals surface area (Å²) in [7, 11) is 0. The summed E-state index contributed by atoms with van der Waals surface area (Å²) in [5.41, 5.74) is 0.487. The zero-order valence-electron chi connectivity index (χ0n) is 17.7. The third-order valence-electron chi connectivity index (χ3n) is 4.96. The first kappa shape index (κ1) is 21.0. The van der Waals surface area contributed by atoms with E-state index in [1.54, 1.807) is 60.7 Å². The van der Waals surface area contributed by atoms with Gasteiger partial charge in [0.2, 0.25) is 0 Å². The van der Waals surface area contributed by atoms with Crippen molar-refractivity contribution in [2.75, 3.05) is 5.32 Å². The normalized spacial score (nSPS) is 11.0. The molecule has 2 aromatic heterocycles. The molecule has 0 aliphatic rings. The van der Waals surface area contributed by atoms with Gasteiger partial charge in [0.25, 0.3) is 17.4 Å². The van der Waals surface area contributed by atoms with Gasteiger partial charge < -0.3 is 15.1 Å². The van der Waals surface area contributed by atoms with E-state index in [-0.39, 0.29) is 29.7 Å². The molecule has 32 heavy (non-hydrogen) atoms. The first-order chi connectivity index (χ1) is 15.5. The van der Waals surface area contributed by atoms with Crippen molar-refractivity contribution >= 4 is 28.3 Å². The van der Waals surface area contributed by atoms with Gasteiger partial charge in [0.1, 0.15) is 5.76 Å². The molecule has 0 bridgehead atoms. The maximum absolute atomic E-state index is 13.2. The van der Waals surface area contributed by atoms with E-state index in [4.69, 9.17) is 4.42 Å². The lowest BCUT2D eigenvalue weighted by Gasteiger charge is -2.14. The highest BCUT2D eigenvalue weighted by molar-refractivity contribution is 6.13. The van der Waals surface area contributed by atoms with Crippen LogP contribution in [0.4, 0.5) is 5.69 Å². The van der Waals surface area contributed by atoms with E-state index in [1.807, 2.05) is 13.8 Å². The number of carbonyl (C=O) groups is 2. The highest BCUT2D eigenvalue weighted by atomic mass is 16.3. The number of hydrogen-bond donors (Lipinski definition) is 2. The van der Waals surface area contributed by atoms with E-state index in [0.29, 0.717) is 27.8 Å². The summed E-state index contributed by atoms with van der Waals surface area (Å²) < 4.78 is 6.52. The molecular formula is C24H22N4O4. The monoisotopic (exact) mass is 430 g/mol. The van der Waals surface area contributed by atoms with Crippen LogP contribution in [0.5, 0.6) is 0 Å². The van der Waals surface area contributed by atoms with Crippen molar-refractivity contribution in [2.45, 2.75) is 26.4 Å². The zero-order valence-corrected chi connectivity index (χ0v) is 17.7. The number of aromatic nitrogens is 2. The molecule has 0 unspecified atom stereocenters. The van der Waals surface area contributed by atoms with E-state index in [2.05, 4.69) is 15.7 Å². The van der Waals surface area contributed by atoms with Gasteiger partial charge in [-0.2, -0.15) is 5.10 Å². The first-order valence-electron chi connectivity index (χ1n) is 10.2. The molecule has 162 valence electrons. The van der Waals surface area contributed by atoms with E-state index in [0.717, 1.165) is 0 Å². The maximum atomic E-state index is 13.2. The third kappa shape index (κ3) is 4.15. The number of nitrogens with one attached hydrogen (secondary N) is 2. The number of nitrogens with zero attached hydrogens (tertiary/aromatic N) is 2. The Balaban J connectivity index is 1.65. The van der Waals surface area contributed by atoms with E-state index >= 15 is 0 Å². The number of hydrogen-bond acceptors (Lipinski definition) is 5. The van der Waals surface area contributed by atoms with E-state index in [1.165, 1.54) is 10.9 Å². The van der Waals surface area contributed by atoms with Crippen LogP contribution in [-0.4, -0.2) is 21.6 Å². The van der Waals surface area contributed by atoms with Crippen molar-refractivity contribution in [3.8, 4) is 0 Å². The Bertz CT molecular complexity index is 1340. The minimum Gasteiger partial charge on any atom is -0.467 e. The molecule has 2 amide bonds. The Labute approximate surface area is 183 Å². The molecule has 0 aliphatic carbocycles. The van der Waals surface area contributed by atoms with Crippen LogP contribution in [0.2, 0.25) is 0 Å². The molecule has 2 aromatic carbocycles. The Hall–Kier alpha value is -4.20. The van der Waals surface area contributed by atoms with Crippen molar-refractivity contribution < 1.29 is 14.0 Å². The summed E-state index contributed by atoms with van der Waals surface area (Å²) in [5.74, 6) is -0.254. The molecule has 8 nitrogen and oxygen atoms in total. The molecule has 0 saturated heterocycles. The van der Waals surface area contributed by atoms with Crippen LogP contribution in [-0.2, 0) is 6.54 Å². The highest BCUT2D eigenvalue weighted by Gasteiger charge is 2.20. The summed E-state index contributed by atoms with van der Waals surface area (Å²) in [6, 6.07) is 16.8. The quantitative estimate of drug-likeness (QED) is 0.485. The van der Waals surface area contributed by atoms with Gasteiger partial charge in [-0.1, -0.05) is 30.3 Å². The van der Waals surface area contributed by atoms with Gasteiger partial charge in [-0.05, 0) is 44.2 Å². The van der Waals surface area contributed by atoms with Gasteiger partial charge in [0.05, 0.1) is 35.5 Å². The SMILES string of the molecule is CC(C)n1nc(C(=O)Nc2ccccc2C(=O)NCc2ccco2)c2ccccc2c1=O. The zero-order chi connectivity index (χ0) is 22.7. The second-order valence-corrected chi connectivity index (χ2v) is 7.50. The summed E-state index contributed by atoms with van der Waals surface area (Å²) in [6.07, 6.45) is 1.53. The van der Waals surface area contributed by atoms with Gasteiger partial charge in [0, 0.05) is 5.39 Å². The number of anilines is 1. The second kappa shape index (κ2) is 8.89. The average Bonchev–Trinajstić information content (AvgIpc) is 3.31. The summed E-state index contributed by atoms with van der Waals surface area (Å²) in [4.78, 5) is 38.6. The van der Waals surface area contributed by atoms with Crippen LogP contribution < -0.4 is 16.2 Å². The Morgan fingerprint density at radius 3 is 2.41 bits per heavy atom. The van der Waals surface area contributed by atoms with Crippen molar-refractivity contribution in [1.82, 2.24) is 15.1 Å². The fourth-order valence-electron chi connectivity index (χ4n) is 3.37. The van der Waals surface area contributed by atoms with E-state index < -0.39 is 5.91 Å². The molecule has 0 fully saturated rings. The predicted molar refractivity (Wildman–Crippen MR) is 121 cm³/mol. The molecule has 8 heteroatoms. The van der Waals surface area contributed by atoms with Crippen LogP contribution in [0, 0.1) is 0 Å². The molecule has 0 aliphatic heterocycles. The van der Waals surface area contributed by atoms with Crippen LogP contribution in [0.3, 0.4) is 0 Å². The molecular weight excluding hydrogens is 408 g/mol. The topological polar surface area (TPSA) is 106 Å². The van der Waals surface area contributed by atoms with Crippen LogP contribution in [0.1, 0.15) is 46.5 Å². The number of rotatable bonds is 6. The van der Waals surface area contributed by atoms with Crippen molar-refractivity contribution in [3.63, 3.8) is 0 Å². The third-order valence-corrected chi connectivity index (χ3v) is 4.96. The second-order valence-electron chi connectivity index (χ2n) is 7.50. The van der Waals surface area contributed by atoms with E-state index in [9.17, 15) is 14.4 Å². The number of amides is 2. The number of para-hydroxylation sites is 1. The van der Waals surface area contributed by atoms with Crippen LogP contribution >= 0.6 is 0 Å². The molecule has 0 saturated carbocycles. The Morgan fingerprint density at radius 1 is 0.969 bits per heavy atom. The molecule has 2 heterocycles. The predicted octanol–water partition coefficient (Wildman–Crippen LogP) is 3.75. The maximum Gasteiger partial charge on any atom is 0.276 e. The van der Waals surface area contributed by atoms with Gasteiger partial charge >= 0.3 is 0 Å². The summed E-state index contributed by atoms with van der Waals surface area (Å²) in [5, 5.41) is 10.7. The minimum absolute atomic E-state index is 0.111. The van der Waals surface area contributed by atoms with Crippen LogP contribution in [0.25, 0.3) is 10.8 Å². The van der Waals surface area contributed by atoms with Crippen molar-refractivity contribution in [1.29, 1.82) is 0 Å². The first-order valence-corrected chi connectivity index (χ1v) is 10.2. The highest BCUT2D eigenvalue weighted by Crippen LogP contribution is 2.19. The fraction of sp³-hybridized carbons (Fsp3) is 0.167. The summed E-state index contributed by atoms with van der Waals surface area (Å²) in [6.45, 7) is 3.87. The standard InChI is InChI=1S/C24H22N4O4/c1-15(2)28-24(31)18-10-4-3-9-17(18)21(27-28)23(30)26-20-12-6-5-11-19(20)22(29)25-14-16-8-7-13-32-16/h3-13,15H,14H2,1-2H3,(H,25,29)(H,26,30). The number of benzene rings is 2. The molecule has 0 radical (unpaired) electrons.